The van der Waals surface area contributed by atoms with Crippen molar-refractivity contribution in [3.8, 4) is 5.82 Å². The van der Waals surface area contributed by atoms with Crippen molar-refractivity contribution in [2.75, 3.05) is 31.1 Å². The van der Waals surface area contributed by atoms with Crippen LogP contribution in [0.25, 0.3) is 5.82 Å². The van der Waals surface area contributed by atoms with Crippen molar-refractivity contribution in [2.24, 2.45) is 0 Å². The van der Waals surface area contributed by atoms with Crippen molar-refractivity contribution >= 4 is 11.6 Å². The molecule has 0 unspecified atom stereocenters. The molecule has 3 aromatic rings. The van der Waals surface area contributed by atoms with Gasteiger partial charge in [-0.05, 0) is 62.2 Å². The first-order valence-corrected chi connectivity index (χ1v) is 10.4. The first-order valence-electron chi connectivity index (χ1n) is 10.4. The fraction of sp³-hybridized carbons (Fsp3) is 0.364. The second-order valence-corrected chi connectivity index (χ2v) is 7.73. The molecule has 1 aliphatic heterocycles. The second-order valence-electron chi connectivity index (χ2n) is 7.73. The number of aromatic nitrogens is 4. The van der Waals surface area contributed by atoms with E-state index in [1.165, 1.54) is 12.1 Å². The highest BCUT2D eigenvalue weighted by Gasteiger charge is 2.22. The molecule has 2 N–H and O–H groups in total. The Morgan fingerprint density at radius 2 is 1.81 bits per heavy atom. The second kappa shape index (κ2) is 8.71. The van der Waals surface area contributed by atoms with E-state index in [9.17, 15) is 9.18 Å². The predicted octanol–water partition coefficient (Wildman–Crippen LogP) is 2.11. The highest BCUT2D eigenvalue weighted by molar-refractivity contribution is 5.77. The molecule has 3 heterocycles. The van der Waals surface area contributed by atoms with Crippen LogP contribution in [-0.2, 0) is 11.2 Å². The first kappa shape index (κ1) is 20.8. The summed E-state index contributed by atoms with van der Waals surface area (Å²) in [6.07, 6.45) is 1.05. The summed E-state index contributed by atoms with van der Waals surface area (Å²) in [6.45, 7) is 6.70. The summed E-state index contributed by atoms with van der Waals surface area (Å²) >= 11 is 0. The van der Waals surface area contributed by atoms with E-state index in [1.807, 2.05) is 18.7 Å². The fourth-order valence-corrected chi connectivity index (χ4v) is 3.98. The Kier molecular flexibility index (Phi) is 5.83. The van der Waals surface area contributed by atoms with Gasteiger partial charge in [-0.25, -0.2) is 9.07 Å². The zero-order valence-corrected chi connectivity index (χ0v) is 17.7. The molecule has 8 nitrogen and oxygen atoms in total. The standard InChI is InChI=1S/C22H26FN7O/c1-15-19(16(2)30(27-15)21-9-8-20(24)25-26-21)7-10-22(31)29-13-11-28(12-14-29)18-5-3-17(23)4-6-18/h3-6,8-9H,7,10-14H2,1-2H3,(H2,24,25). The van der Waals surface area contributed by atoms with E-state index in [2.05, 4.69) is 20.2 Å². The number of halogens is 1. The number of hydrogen-bond acceptors (Lipinski definition) is 5. The number of benzene rings is 1. The smallest absolute Gasteiger partial charge is 0.223 e. The van der Waals surface area contributed by atoms with Gasteiger partial charge >= 0.3 is 0 Å². The van der Waals surface area contributed by atoms with Gasteiger partial charge in [-0.2, -0.15) is 10.2 Å². The molecular formula is C22H26FN7O. The van der Waals surface area contributed by atoms with Crippen LogP contribution in [0.4, 0.5) is 10.1 Å². The average molecular weight is 423 g/mol. The van der Waals surface area contributed by atoms with E-state index in [-0.39, 0.29) is 17.2 Å². The van der Waals surface area contributed by atoms with Crippen LogP contribution in [0.5, 0.6) is 0 Å². The summed E-state index contributed by atoms with van der Waals surface area (Å²) in [4.78, 5) is 16.9. The van der Waals surface area contributed by atoms with Gasteiger partial charge in [0.15, 0.2) is 5.82 Å². The number of amides is 1. The Bertz CT molecular complexity index is 1110. The van der Waals surface area contributed by atoms with Crippen LogP contribution in [0.15, 0.2) is 36.4 Å². The van der Waals surface area contributed by atoms with Crippen LogP contribution < -0.4 is 10.4 Å². The van der Waals surface area contributed by atoms with Gasteiger partial charge in [0.2, 0.25) is 5.91 Å². The molecule has 31 heavy (non-hydrogen) atoms. The van der Waals surface area contributed by atoms with E-state index in [1.54, 1.807) is 28.9 Å². The highest BCUT2D eigenvalue weighted by atomic mass is 19.1. The molecule has 0 spiro atoms. The lowest BCUT2D eigenvalue weighted by Crippen LogP contribution is -2.48. The number of anilines is 1. The summed E-state index contributed by atoms with van der Waals surface area (Å²) in [5.41, 5.74) is 4.09. The predicted molar refractivity (Wildman–Crippen MR) is 115 cm³/mol. The zero-order chi connectivity index (χ0) is 22.0. The molecule has 1 amide bonds. The van der Waals surface area contributed by atoms with Crippen molar-refractivity contribution in [1.29, 1.82) is 5.41 Å². The number of hydrogen-bond donors (Lipinski definition) is 2. The maximum Gasteiger partial charge on any atom is 0.223 e. The van der Waals surface area contributed by atoms with Gasteiger partial charge in [0.25, 0.3) is 0 Å². The molecular weight excluding hydrogens is 397 g/mol. The number of carbonyl (C=O) groups is 1. The van der Waals surface area contributed by atoms with Crippen molar-refractivity contribution in [3.05, 3.63) is 64.7 Å². The third kappa shape index (κ3) is 4.50. The number of aryl methyl sites for hydroxylation is 1. The molecule has 0 radical (unpaired) electrons. The third-order valence-electron chi connectivity index (χ3n) is 5.76. The Morgan fingerprint density at radius 3 is 2.45 bits per heavy atom. The monoisotopic (exact) mass is 423 g/mol. The quantitative estimate of drug-likeness (QED) is 0.657. The van der Waals surface area contributed by atoms with Crippen LogP contribution in [0.2, 0.25) is 0 Å². The molecule has 0 aliphatic carbocycles. The maximum atomic E-state index is 13.1. The third-order valence-corrected chi connectivity index (χ3v) is 5.76. The van der Waals surface area contributed by atoms with Gasteiger partial charge in [0.1, 0.15) is 11.3 Å². The normalized spacial score (nSPS) is 14.2. The lowest BCUT2D eigenvalue weighted by atomic mass is 10.1. The molecule has 1 saturated heterocycles. The molecule has 1 aliphatic rings. The van der Waals surface area contributed by atoms with Crippen LogP contribution >= 0.6 is 0 Å². The summed E-state index contributed by atoms with van der Waals surface area (Å²) in [5.74, 6) is 0.509. The molecule has 162 valence electrons. The number of carbonyl (C=O) groups excluding carboxylic acids is 1. The minimum Gasteiger partial charge on any atom is -0.368 e. The first-order chi connectivity index (χ1) is 14.9. The number of H-pyrrole nitrogens is 1. The minimum absolute atomic E-state index is 0.135. The van der Waals surface area contributed by atoms with E-state index in [0.29, 0.717) is 31.7 Å². The molecule has 0 bridgehead atoms. The minimum atomic E-state index is -0.242. The van der Waals surface area contributed by atoms with Gasteiger partial charge < -0.3 is 9.80 Å². The van der Waals surface area contributed by atoms with Crippen molar-refractivity contribution in [2.45, 2.75) is 26.7 Å². The van der Waals surface area contributed by atoms with Crippen LogP contribution in [0.3, 0.4) is 0 Å². The SMILES string of the molecule is Cc1nn(-c2ccc(=N)[nH]n2)c(C)c1CCC(=O)N1CCN(c2ccc(F)cc2)CC1. The maximum absolute atomic E-state index is 13.1. The van der Waals surface area contributed by atoms with Gasteiger partial charge in [0.05, 0.1) is 5.69 Å². The largest absolute Gasteiger partial charge is 0.368 e. The topological polar surface area (TPSA) is 93.9 Å². The summed E-state index contributed by atoms with van der Waals surface area (Å²) in [7, 11) is 0. The van der Waals surface area contributed by atoms with Gasteiger partial charge in [-0.3, -0.25) is 15.3 Å². The van der Waals surface area contributed by atoms with E-state index < -0.39 is 0 Å². The molecule has 9 heteroatoms. The highest BCUT2D eigenvalue weighted by Crippen LogP contribution is 2.20. The van der Waals surface area contributed by atoms with Crippen molar-refractivity contribution < 1.29 is 9.18 Å². The zero-order valence-electron chi connectivity index (χ0n) is 17.7. The van der Waals surface area contributed by atoms with Gasteiger partial charge in [0, 0.05) is 44.0 Å². The van der Waals surface area contributed by atoms with E-state index in [4.69, 9.17) is 5.41 Å². The van der Waals surface area contributed by atoms with Crippen LogP contribution in [-0.4, -0.2) is 57.0 Å². The summed E-state index contributed by atoms with van der Waals surface area (Å²) < 4.78 is 14.9. The van der Waals surface area contributed by atoms with Crippen molar-refractivity contribution in [1.82, 2.24) is 24.9 Å². The van der Waals surface area contributed by atoms with Gasteiger partial charge in [-0.15, -0.1) is 0 Å². The fourth-order valence-electron chi connectivity index (χ4n) is 3.98. The molecule has 0 atom stereocenters. The molecule has 1 fully saturated rings. The Morgan fingerprint density at radius 1 is 1.10 bits per heavy atom. The Labute approximate surface area is 179 Å². The van der Waals surface area contributed by atoms with Crippen molar-refractivity contribution in [3.63, 3.8) is 0 Å². The summed E-state index contributed by atoms with van der Waals surface area (Å²) in [5, 5.41) is 18.9. The van der Waals surface area contributed by atoms with Crippen LogP contribution in [0.1, 0.15) is 23.4 Å². The molecule has 0 saturated carbocycles. The number of nitrogens with zero attached hydrogens (tertiary/aromatic N) is 5. The number of aromatic amines is 1. The van der Waals surface area contributed by atoms with Crippen LogP contribution in [0, 0.1) is 25.1 Å². The summed E-state index contributed by atoms with van der Waals surface area (Å²) in [6, 6.07) is 9.86. The Balaban J connectivity index is 1.35. The van der Waals surface area contributed by atoms with E-state index in [0.717, 1.165) is 35.7 Å². The number of nitrogens with one attached hydrogen (secondary N) is 2. The van der Waals surface area contributed by atoms with E-state index >= 15 is 0 Å². The van der Waals surface area contributed by atoms with Gasteiger partial charge in [-0.1, -0.05) is 0 Å². The number of rotatable bonds is 5. The lowest BCUT2D eigenvalue weighted by Gasteiger charge is -2.36. The molecule has 2 aromatic heterocycles. The lowest BCUT2D eigenvalue weighted by molar-refractivity contribution is -0.131. The molecule has 1 aromatic carbocycles. The molecule has 4 rings (SSSR count). The average Bonchev–Trinajstić information content (AvgIpc) is 3.06. The Hall–Kier alpha value is -3.49. The number of piperazine rings is 1.